The Labute approximate surface area is 227 Å². The van der Waals surface area contributed by atoms with Gasteiger partial charge in [-0.2, -0.15) is 10.1 Å². The van der Waals surface area contributed by atoms with Gasteiger partial charge in [0.1, 0.15) is 17.1 Å². The number of fused-ring (bicyclic) bond motifs is 2. The van der Waals surface area contributed by atoms with Gasteiger partial charge in [0.2, 0.25) is 11.9 Å². The first-order chi connectivity index (χ1) is 18.9. The van der Waals surface area contributed by atoms with E-state index in [1.807, 2.05) is 36.1 Å². The van der Waals surface area contributed by atoms with Crippen molar-refractivity contribution in [3.63, 3.8) is 0 Å². The number of hydrogen-bond donors (Lipinski definition) is 1. The molecule has 1 atom stereocenters. The predicted molar refractivity (Wildman–Crippen MR) is 154 cm³/mol. The molecule has 202 valence electrons. The van der Waals surface area contributed by atoms with Gasteiger partial charge in [-0.3, -0.25) is 9.89 Å². The Morgan fingerprint density at radius 1 is 1.08 bits per heavy atom. The van der Waals surface area contributed by atoms with Crippen LogP contribution in [0.25, 0.3) is 21.8 Å². The second kappa shape index (κ2) is 10.2. The van der Waals surface area contributed by atoms with E-state index in [4.69, 9.17) is 14.7 Å². The predicted octanol–water partition coefficient (Wildman–Crippen LogP) is 3.58. The molecule has 10 heteroatoms. The van der Waals surface area contributed by atoms with Crippen LogP contribution in [-0.4, -0.2) is 95.3 Å². The first-order valence-corrected chi connectivity index (χ1v) is 13.4. The van der Waals surface area contributed by atoms with Crippen molar-refractivity contribution in [2.75, 3.05) is 63.2 Å². The van der Waals surface area contributed by atoms with Crippen molar-refractivity contribution in [2.24, 2.45) is 0 Å². The summed E-state index contributed by atoms with van der Waals surface area (Å²) in [5.74, 6) is 2.99. The number of hydrogen-bond acceptors (Lipinski definition) is 8. The van der Waals surface area contributed by atoms with Crippen LogP contribution in [0.15, 0.2) is 49.2 Å². The fourth-order valence-electron chi connectivity index (χ4n) is 5.52. The lowest BCUT2D eigenvalue weighted by molar-refractivity contribution is -0.126. The maximum absolute atomic E-state index is 12.2. The van der Waals surface area contributed by atoms with E-state index in [-0.39, 0.29) is 5.91 Å². The van der Waals surface area contributed by atoms with Gasteiger partial charge >= 0.3 is 0 Å². The number of carbonyl (C=O) groups is 1. The second-order valence-electron chi connectivity index (χ2n) is 10.5. The minimum Gasteiger partial charge on any atom is -0.454 e. The molecule has 0 spiro atoms. The van der Waals surface area contributed by atoms with E-state index in [1.165, 1.54) is 6.08 Å². The van der Waals surface area contributed by atoms with E-state index in [9.17, 15) is 4.79 Å². The minimum atomic E-state index is -0.0332. The molecule has 2 aliphatic rings. The molecule has 2 saturated heterocycles. The number of nitrogens with one attached hydrogen (secondary N) is 1. The zero-order chi connectivity index (χ0) is 27.1. The van der Waals surface area contributed by atoms with Crippen LogP contribution in [0.3, 0.4) is 0 Å². The van der Waals surface area contributed by atoms with Gasteiger partial charge in [0.05, 0.1) is 17.1 Å². The zero-order valence-electron chi connectivity index (χ0n) is 22.7. The number of ether oxygens (including phenoxy) is 1. The van der Waals surface area contributed by atoms with E-state index in [2.05, 4.69) is 51.6 Å². The summed E-state index contributed by atoms with van der Waals surface area (Å²) in [5, 5.41) is 9.10. The minimum absolute atomic E-state index is 0.0332. The molecule has 0 saturated carbocycles. The molecule has 0 radical (unpaired) electrons. The number of amides is 1. The summed E-state index contributed by atoms with van der Waals surface area (Å²) in [4.78, 5) is 31.0. The average Bonchev–Trinajstić information content (AvgIpc) is 3.64. The molecule has 0 aliphatic carbocycles. The number of aryl methyl sites for hydroxylation is 1. The van der Waals surface area contributed by atoms with E-state index in [0.717, 1.165) is 58.4 Å². The van der Waals surface area contributed by atoms with Crippen molar-refractivity contribution >= 4 is 39.5 Å². The van der Waals surface area contributed by atoms with Crippen molar-refractivity contribution in [2.45, 2.75) is 19.4 Å². The van der Waals surface area contributed by atoms with Crippen molar-refractivity contribution in [1.82, 2.24) is 30.0 Å². The van der Waals surface area contributed by atoms with Crippen LogP contribution in [0.5, 0.6) is 11.5 Å². The highest BCUT2D eigenvalue weighted by molar-refractivity contribution is 5.95. The molecule has 10 nitrogen and oxygen atoms in total. The third kappa shape index (κ3) is 4.65. The van der Waals surface area contributed by atoms with Crippen LogP contribution in [0.1, 0.15) is 12.0 Å². The molecule has 2 fully saturated rings. The third-order valence-corrected chi connectivity index (χ3v) is 7.88. The topological polar surface area (TPSA) is 93.7 Å². The molecular formula is C29H34N8O2. The summed E-state index contributed by atoms with van der Waals surface area (Å²) >= 11 is 0. The molecule has 0 bridgehead atoms. The van der Waals surface area contributed by atoms with Gasteiger partial charge in [-0.1, -0.05) is 18.7 Å². The normalized spacial score (nSPS) is 17.9. The number of nitrogens with zero attached hydrogens (tertiary/aromatic N) is 7. The van der Waals surface area contributed by atoms with E-state index in [0.29, 0.717) is 43.9 Å². The number of benzene rings is 2. The molecule has 1 N–H and O–H groups in total. The van der Waals surface area contributed by atoms with Crippen LogP contribution in [0.2, 0.25) is 0 Å². The highest BCUT2D eigenvalue weighted by atomic mass is 16.5. The smallest absolute Gasteiger partial charge is 0.246 e. The Kier molecular flexibility index (Phi) is 6.56. The number of anilines is 2. The fraction of sp³-hybridized carbons (Fsp3) is 0.379. The van der Waals surface area contributed by atoms with Crippen molar-refractivity contribution in [3.05, 3.63) is 54.7 Å². The maximum Gasteiger partial charge on any atom is 0.246 e. The molecule has 1 amide bonds. The van der Waals surface area contributed by atoms with E-state index < -0.39 is 0 Å². The number of rotatable bonds is 6. The summed E-state index contributed by atoms with van der Waals surface area (Å²) in [6.07, 6.45) is 4.24. The van der Waals surface area contributed by atoms with Crippen molar-refractivity contribution < 1.29 is 9.53 Å². The summed E-state index contributed by atoms with van der Waals surface area (Å²) in [6.45, 7) is 10.1. The molecule has 1 unspecified atom stereocenters. The SMILES string of the molecule is C=CC(=O)N1CCN(c2nc(N3CCC(N(C)C)C3)nc3c(Oc4c(C)ccc5[nH]ncc45)cccc23)CC1. The largest absolute Gasteiger partial charge is 0.454 e. The Morgan fingerprint density at radius 3 is 2.64 bits per heavy atom. The number of carbonyl (C=O) groups excluding carboxylic acids is 1. The quantitative estimate of drug-likeness (QED) is 0.381. The summed E-state index contributed by atoms with van der Waals surface area (Å²) in [7, 11) is 4.24. The lowest BCUT2D eigenvalue weighted by Gasteiger charge is -2.35. The molecule has 2 aliphatic heterocycles. The molecule has 2 aromatic carbocycles. The fourth-order valence-corrected chi connectivity index (χ4v) is 5.52. The van der Waals surface area contributed by atoms with Crippen LogP contribution in [0, 0.1) is 6.92 Å². The maximum atomic E-state index is 12.2. The van der Waals surface area contributed by atoms with Gasteiger partial charge in [-0.05, 0) is 57.3 Å². The number of para-hydroxylation sites is 1. The van der Waals surface area contributed by atoms with Crippen molar-refractivity contribution in [1.29, 1.82) is 0 Å². The summed E-state index contributed by atoms with van der Waals surface area (Å²) < 4.78 is 6.62. The lowest BCUT2D eigenvalue weighted by atomic mass is 10.1. The van der Waals surface area contributed by atoms with Gasteiger partial charge in [0.15, 0.2) is 5.75 Å². The second-order valence-corrected chi connectivity index (χ2v) is 10.5. The van der Waals surface area contributed by atoms with Gasteiger partial charge in [-0.15, -0.1) is 0 Å². The number of aromatic amines is 1. The summed E-state index contributed by atoms with van der Waals surface area (Å²) in [6, 6.07) is 10.5. The van der Waals surface area contributed by atoms with E-state index in [1.54, 1.807) is 6.20 Å². The van der Waals surface area contributed by atoms with Gasteiger partial charge in [0.25, 0.3) is 0 Å². The first-order valence-electron chi connectivity index (χ1n) is 13.4. The molecule has 2 aromatic heterocycles. The van der Waals surface area contributed by atoms with Gasteiger partial charge in [-0.25, -0.2) is 4.98 Å². The van der Waals surface area contributed by atoms with E-state index >= 15 is 0 Å². The lowest BCUT2D eigenvalue weighted by Crippen LogP contribution is -2.48. The Morgan fingerprint density at radius 2 is 1.90 bits per heavy atom. The molecule has 4 aromatic rings. The third-order valence-electron chi connectivity index (χ3n) is 7.88. The van der Waals surface area contributed by atoms with Crippen LogP contribution >= 0.6 is 0 Å². The average molecular weight is 527 g/mol. The van der Waals surface area contributed by atoms with Crippen LogP contribution < -0.4 is 14.5 Å². The van der Waals surface area contributed by atoms with Crippen molar-refractivity contribution in [3.8, 4) is 11.5 Å². The number of aromatic nitrogens is 4. The summed E-state index contributed by atoms with van der Waals surface area (Å²) in [5.41, 5.74) is 2.72. The monoisotopic (exact) mass is 526 g/mol. The molecular weight excluding hydrogens is 492 g/mol. The number of likely N-dealkylation sites (N-methyl/N-ethyl adjacent to an activating group) is 1. The molecule has 39 heavy (non-hydrogen) atoms. The highest BCUT2D eigenvalue weighted by Crippen LogP contribution is 2.38. The van der Waals surface area contributed by atoms with Gasteiger partial charge in [0, 0.05) is 50.7 Å². The van der Waals surface area contributed by atoms with Crippen LogP contribution in [-0.2, 0) is 4.79 Å². The standard InChI is InChI=1S/C29H34N8O2/c1-5-25(38)35-13-15-36(16-14-35)28-21-7-6-8-24(39-27-19(2)9-10-23-22(27)17-30-33-23)26(21)31-29(32-28)37-12-11-20(18-37)34(3)4/h5-10,17,20H,1,11-16,18H2,2-4H3,(H,30,33). The zero-order valence-corrected chi connectivity index (χ0v) is 22.7. The molecule has 6 rings (SSSR count). The Balaban J connectivity index is 1.43. The highest BCUT2D eigenvalue weighted by Gasteiger charge is 2.29. The number of piperazine rings is 1. The first kappa shape index (κ1) is 25.1. The van der Waals surface area contributed by atoms with Crippen LogP contribution in [0.4, 0.5) is 11.8 Å². The van der Waals surface area contributed by atoms with Gasteiger partial charge < -0.3 is 24.3 Å². The molecule has 4 heterocycles. The Hall–Kier alpha value is -4.18. The Bertz CT molecular complexity index is 1540. The number of H-pyrrole nitrogens is 1.